The van der Waals surface area contributed by atoms with E-state index < -0.39 is 10.0 Å². The van der Waals surface area contributed by atoms with Crippen LogP contribution >= 0.6 is 0 Å². The standard InChI is InChI=1S/C14H19N3O3S/c1-3-17-10-12(8-11(17)9-15)21(18,19)16-13-6-4-5-7-14(13)20-2/h4-8,10,16H,3,9,15H2,1-2H3. The number of hydrogen-bond acceptors (Lipinski definition) is 4. The van der Waals surface area contributed by atoms with Crippen molar-refractivity contribution in [1.82, 2.24) is 4.57 Å². The maximum absolute atomic E-state index is 12.4. The van der Waals surface area contributed by atoms with Crippen molar-refractivity contribution >= 4 is 15.7 Å². The molecule has 3 N–H and O–H groups in total. The molecule has 7 heteroatoms. The Morgan fingerprint density at radius 1 is 1.33 bits per heavy atom. The number of nitrogens with two attached hydrogens (primary N) is 1. The number of nitrogens with one attached hydrogen (secondary N) is 1. The van der Waals surface area contributed by atoms with Crippen LogP contribution in [0.15, 0.2) is 41.4 Å². The number of rotatable bonds is 6. The van der Waals surface area contributed by atoms with Gasteiger partial charge in [0.25, 0.3) is 10.0 Å². The van der Waals surface area contributed by atoms with Gasteiger partial charge in [-0.05, 0) is 25.1 Å². The Balaban J connectivity index is 2.36. The van der Waals surface area contributed by atoms with E-state index in [-0.39, 0.29) is 11.4 Å². The van der Waals surface area contributed by atoms with E-state index in [4.69, 9.17) is 10.5 Å². The highest BCUT2D eigenvalue weighted by atomic mass is 32.2. The Hall–Kier alpha value is -1.99. The summed E-state index contributed by atoms with van der Waals surface area (Å²) in [6.45, 7) is 2.89. The fraction of sp³-hybridized carbons (Fsp3) is 0.286. The van der Waals surface area contributed by atoms with Crippen molar-refractivity contribution in [3.63, 3.8) is 0 Å². The summed E-state index contributed by atoms with van der Waals surface area (Å²) in [5, 5.41) is 0. The zero-order chi connectivity index (χ0) is 15.5. The van der Waals surface area contributed by atoms with E-state index in [1.54, 1.807) is 36.5 Å². The van der Waals surface area contributed by atoms with Gasteiger partial charge in [0.05, 0.1) is 12.8 Å². The predicted molar refractivity (Wildman–Crippen MR) is 81.8 cm³/mol. The number of sulfonamides is 1. The number of hydrogen-bond donors (Lipinski definition) is 2. The van der Waals surface area contributed by atoms with Crippen LogP contribution in [-0.4, -0.2) is 20.1 Å². The highest BCUT2D eigenvalue weighted by Gasteiger charge is 2.19. The summed E-state index contributed by atoms with van der Waals surface area (Å²) in [6, 6.07) is 8.44. The lowest BCUT2D eigenvalue weighted by molar-refractivity contribution is 0.417. The van der Waals surface area contributed by atoms with Gasteiger partial charge in [-0.15, -0.1) is 0 Å². The number of methoxy groups -OCH3 is 1. The second kappa shape index (κ2) is 6.19. The Morgan fingerprint density at radius 3 is 2.62 bits per heavy atom. The zero-order valence-corrected chi connectivity index (χ0v) is 12.9. The molecule has 1 heterocycles. The number of aromatic nitrogens is 1. The average molecular weight is 309 g/mol. The molecule has 0 unspecified atom stereocenters. The topological polar surface area (TPSA) is 86.3 Å². The molecule has 0 spiro atoms. The Bertz CT molecular complexity index is 701. The van der Waals surface area contributed by atoms with Crippen LogP contribution in [0.2, 0.25) is 0 Å². The van der Waals surface area contributed by atoms with Crippen LogP contribution in [0.1, 0.15) is 12.6 Å². The summed E-state index contributed by atoms with van der Waals surface area (Å²) in [5.74, 6) is 0.468. The predicted octanol–water partition coefficient (Wildman–Crippen LogP) is 1.78. The third-order valence-corrected chi connectivity index (χ3v) is 4.50. The van der Waals surface area contributed by atoms with Crippen LogP contribution in [0.5, 0.6) is 5.75 Å². The van der Waals surface area contributed by atoms with E-state index in [1.807, 2.05) is 11.5 Å². The normalized spacial score (nSPS) is 11.4. The number of anilines is 1. The van der Waals surface area contributed by atoms with E-state index in [1.165, 1.54) is 7.11 Å². The highest BCUT2D eigenvalue weighted by molar-refractivity contribution is 7.92. The van der Waals surface area contributed by atoms with Crippen molar-refractivity contribution in [3.8, 4) is 5.75 Å². The molecule has 21 heavy (non-hydrogen) atoms. The van der Waals surface area contributed by atoms with Crippen LogP contribution in [0, 0.1) is 0 Å². The molecule has 1 aromatic heterocycles. The molecule has 0 bridgehead atoms. The highest BCUT2D eigenvalue weighted by Crippen LogP contribution is 2.26. The van der Waals surface area contributed by atoms with Gasteiger partial charge in [-0.1, -0.05) is 12.1 Å². The number of benzene rings is 1. The molecule has 6 nitrogen and oxygen atoms in total. The van der Waals surface area contributed by atoms with Gasteiger partial charge in [0.1, 0.15) is 10.6 Å². The van der Waals surface area contributed by atoms with Gasteiger partial charge < -0.3 is 15.0 Å². The molecule has 2 rings (SSSR count). The van der Waals surface area contributed by atoms with Gasteiger partial charge in [0.15, 0.2) is 0 Å². The molecule has 114 valence electrons. The average Bonchev–Trinajstić information content (AvgIpc) is 2.91. The van der Waals surface area contributed by atoms with Gasteiger partial charge in [0.2, 0.25) is 0 Å². The minimum atomic E-state index is -3.67. The molecule has 0 saturated heterocycles. The van der Waals surface area contributed by atoms with Crippen LogP contribution in [-0.2, 0) is 23.1 Å². The first-order valence-corrected chi connectivity index (χ1v) is 8.05. The Morgan fingerprint density at radius 2 is 2.05 bits per heavy atom. The molecule has 0 amide bonds. The maximum atomic E-state index is 12.4. The van der Waals surface area contributed by atoms with Crippen molar-refractivity contribution in [2.75, 3.05) is 11.8 Å². The fourth-order valence-electron chi connectivity index (χ4n) is 2.07. The van der Waals surface area contributed by atoms with Gasteiger partial charge in [-0.3, -0.25) is 4.72 Å². The summed E-state index contributed by atoms with van der Waals surface area (Å²) >= 11 is 0. The van der Waals surface area contributed by atoms with Crippen LogP contribution in [0.25, 0.3) is 0 Å². The van der Waals surface area contributed by atoms with Crippen molar-refractivity contribution in [1.29, 1.82) is 0 Å². The van der Waals surface area contributed by atoms with E-state index in [2.05, 4.69) is 4.72 Å². The molecular weight excluding hydrogens is 290 g/mol. The number of aryl methyl sites for hydroxylation is 1. The summed E-state index contributed by atoms with van der Waals surface area (Å²) in [7, 11) is -2.18. The summed E-state index contributed by atoms with van der Waals surface area (Å²) in [5.41, 5.74) is 6.80. The molecule has 0 fully saturated rings. The summed E-state index contributed by atoms with van der Waals surface area (Å²) in [4.78, 5) is 0.190. The second-order valence-electron chi connectivity index (χ2n) is 4.46. The van der Waals surface area contributed by atoms with Gasteiger partial charge in [0, 0.05) is 25.0 Å². The monoisotopic (exact) mass is 309 g/mol. The van der Waals surface area contributed by atoms with Crippen molar-refractivity contribution < 1.29 is 13.2 Å². The lowest BCUT2D eigenvalue weighted by Crippen LogP contribution is -2.13. The molecule has 0 atom stereocenters. The first-order chi connectivity index (χ1) is 10.0. The van der Waals surface area contributed by atoms with Crippen LogP contribution in [0.3, 0.4) is 0 Å². The first kappa shape index (κ1) is 15.4. The smallest absolute Gasteiger partial charge is 0.263 e. The van der Waals surface area contributed by atoms with Crippen molar-refractivity contribution in [2.45, 2.75) is 24.9 Å². The van der Waals surface area contributed by atoms with Gasteiger partial charge in [-0.2, -0.15) is 0 Å². The van der Waals surface area contributed by atoms with Gasteiger partial charge in [-0.25, -0.2) is 8.42 Å². The molecule has 0 aliphatic heterocycles. The first-order valence-electron chi connectivity index (χ1n) is 6.56. The molecule has 0 aliphatic carbocycles. The fourth-order valence-corrected chi connectivity index (χ4v) is 3.20. The number of ether oxygens (including phenoxy) is 1. The van der Waals surface area contributed by atoms with Crippen LogP contribution in [0.4, 0.5) is 5.69 Å². The quantitative estimate of drug-likeness (QED) is 0.851. The third kappa shape index (κ3) is 3.20. The van der Waals surface area contributed by atoms with Crippen molar-refractivity contribution in [2.24, 2.45) is 5.73 Å². The zero-order valence-electron chi connectivity index (χ0n) is 12.0. The van der Waals surface area contributed by atoms with Gasteiger partial charge >= 0.3 is 0 Å². The molecular formula is C14H19N3O3S. The number of para-hydroxylation sites is 2. The molecule has 1 aromatic carbocycles. The molecule has 2 aromatic rings. The van der Waals surface area contributed by atoms with E-state index in [9.17, 15) is 8.42 Å². The Kier molecular flexibility index (Phi) is 4.54. The Labute approximate surface area is 124 Å². The molecule has 0 aliphatic rings. The molecule has 0 saturated carbocycles. The van der Waals surface area contributed by atoms with E-state index in [0.717, 1.165) is 5.69 Å². The van der Waals surface area contributed by atoms with Crippen LogP contribution < -0.4 is 15.2 Å². The number of nitrogens with zero attached hydrogens (tertiary/aromatic N) is 1. The lowest BCUT2D eigenvalue weighted by Gasteiger charge is -2.10. The SMILES string of the molecule is CCn1cc(S(=O)(=O)Nc2ccccc2OC)cc1CN. The largest absolute Gasteiger partial charge is 0.495 e. The molecule has 0 radical (unpaired) electrons. The maximum Gasteiger partial charge on any atom is 0.263 e. The lowest BCUT2D eigenvalue weighted by atomic mass is 10.3. The van der Waals surface area contributed by atoms with Crippen molar-refractivity contribution in [3.05, 3.63) is 42.2 Å². The van der Waals surface area contributed by atoms with E-state index in [0.29, 0.717) is 18.0 Å². The summed E-state index contributed by atoms with van der Waals surface area (Å²) in [6.07, 6.45) is 1.58. The minimum absolute atomic E-state index is 0.190. The third-order valence-electron chi connectivity index (χ3n) is 3.17. The summed E-state index contributed by atoms with van der Waals surface area (Å²) < 4.78 is 34.4. The second-order valence-corrected chi connectivity index (χ2v) is 6.15. The minimum Gasteiger partial charge on any atom is -0.495 e. The van der Waals surface area contributed by atoms with E-state index >= 15 is 0 Å².